The van der Waals surface area contributed by atoms with Crippen LogP contribution < -0.4 is 15.1 Å². The quantitative estimate of drug-likeness (QED) is 0.193. The number of rotatable bonds is 9. The fraction of sp³-hybridized carbons (Fsp3) is 0.273. The van der Waals surface area contributed by atoms with Gasteiger partial charge >= 0.3 is 0 Å². The van der Waals surface area contributed by atoms with Gasteiger partial charge in [-0.15, -0.1) is 0 Å². The molecule has 2 aliphatic heterocycles. The van der Waals surface area contributed by atoms with Crippen LogP contribution in [0.25, 0.3) is 21.8 Å². The van der Waals surface area contributed by atoms with Crippen molar-refractivity contribution in [1.29, 1.82) is 0 Å². The lowest BCUT2D eigenvalue weighted by molar-refractivity contribution is 0.122. The minimum atomic E-state index is -4.43. The van der Waals surface area contributed by atoms with Gasteiger partial charge in [-0.05, 0) is 35.9 Å². The van der Waals surface area contributed by atoms with Gasteiger partial charge in [-0.25, -0.2) is 37.1 Å². The maximum atomic E-state index is 14.5. The molecule has 5 heterocycles. The van der Waals surface area contributed by atoms with E-state index in [1.807, 2.05) is 12.1 Å². The highest BCUT2D eigenvalue weighted by molar-refractivity contribution is 7.90. The Balaban J connectivity index is 1.22. The highest BCUT2D eigenvalue weighted by Crippen LogP contribution is 2.43. The Hall–Kier alpha value is -4.28. The molecule has 0 aliphatic carbocycles. The minimum Gasteiger partial charge on any atom is -0.378 e. The molecule has 2 saturated heterocycles. The SMILES string of the molecule is O=S(=O)(Cc1cccc(-c2nc(N3CCOCC3)sc2-c2ccnc(Nc3ccc(N4CCOCC4)nc3)n2)c1Cl)c1c(F)cccc1F. The third-order valence-corrected chi connectivity index (χ3v) is 11.3. The van der Waals surface area contributed by atoms with Crippen molar-refractivity contribution in [3.63, 3.8) is 0 Å². The molecule has 2 aromatic carbocycles. The molecule has 0 bridgehead atoms. The van der Waals surface area contributed by atoms with Crippen molar-refractivity contribution in [2.24, 2.45) is 0 Å². The van der Waals surface area contributed by atoms with Crippen LogP contribution in [0.4, 0.5) is 31.4 Å². The summed E-state index contributed by atoms with van der Waals surface area (Å²) in [5, 5.41) is 4.03. The molecule has 1 N–H and O–H groups in total. The largest absolute Gasteiger partial charge is 0.378 e. The molecule has 0 unspecified atom stereocenters. The number of morpholine rings is 2. The molecule has 11 nitrogen and oxygen atoms in total. The Kier molecular flexibility index (Phi) is 9.69. The number of sulfone groups is 1. The standard InChI is InChI=1S/C33H30ClF2N7O4S2/c34-28-21(20-49(44,45)31-24(35)5-2-6-25(31)36)3-1-4-23(28)29-30(48-33(41-29)43-13-17-47-18-14-43)26-9-10-37-32(40-26)39-22-7-8-27(38-19-22)42-11-15-46-16-12-42/h1-10,19H,11-18,20H2,(H,37,39,40). The van der Waals surface area contributed by atoms with Crippen molar-refractivity contribution in [2.75, 3.05) is 67.7 Å². The highest BCUT2D eigenvalue weighted by Gasteiger charge is 2.28. The molecule has 2 fully saturated rings. The van der Waals surface area contributed by atoms with Crippen molar-refractivity contribution in [1.82, 2.24) is 19.9 Å². The predicted molar refractivity (Wildman–Crippen MR) is 184 cm³/mol. The van der Waals surface area contributed by atoms with E-state index >= 15 is 0 Å². The zero-order valence-electron chi connectivity index (χ0n) is 26.0. The van der Waals surface area contributed by atoms with E-state index in [-0.39, 0.29) is 10.6 Å². The second-order valence-corrected chi connectivity index (χ2v) is 14.5. The third kappa shape index (κ3) is 7.21. The lowest BCUT2D eigenvalue weighted by atomic mass is 10.1. The van der Waals surface area contributed by atoms with Crippen LogP contribution in [0.3, 0.4) is 0 Å². The normalized spacial score (nSPS) is 15.4. The molecular formula is C33H30ClF2N7O4S2. The summed E-state index contributed by atoms with van der Waals surface area (Å²) in [5.74, 6) is -1.85. The number of ether oxygens (including phenoxy) is 2. The minimum absolute atomic E-state index is 0.0988. The first-order chi connectivity index (χ1) is 23.8. The number of thiazole rings is 1. The van der Waals surface area contributed by atoms with Crippen LogP contribution in [0.5, 0.6) is 0 Å². The van der Waals surface area contributed by atoms with Gasteiger partial charge in [-0.2, -0.15) is 0 Å². The predicted octanol–water partition coefficient (Wildman–Crippen LogP) is 5.98. The summed E-state index contributed by atoms with van der Waals surface area (Å²) in [6, 6.07) is 13.4. The molecule has 0 atom stereocenters. The molecule has 254 valence electrons. The van der Waals surface area contributed by atoms with Crippen molar-refractivity contribution < 1.29 is 26.7 Å². The highest BCUT2D eigenvalue weighted by atomic mass is 35.5. The molecule has 49 heavy (non-hydrogen) atoms. The second kappa shape index (κ2) is 14.3. The van der Waals surface area contributed by atoms with E-state index < -0.39 is 32.1 Å². The van der Waals surface area contributed by atoms with Gasteiger partial charge in [0, 0.05) is 37.9 Å². The molecule has 2 aliphatic rings. The summed E-state index contributed by atoms with van der Waals surface area (Å²) >= 11 is 8.31. The van der Waals surface area contributed by atoms with Crippen LogP contribution in [-0.4, -0.2) is 81.0 Å². The van der Waals surface area contributed by atoms with Crippen LogP contribution in [0.15, 0.2) is 71.9 Å². The van der Waals surface area contributed by atoms with Gasteiger partial charge in [-0.1, -0.05) is 47.2 Å². The Bertz CT molecular complexity index is 2050. The maximum absolute atomic E-state index is 14.5. The molecule has 0 amide bonds. The number of nitrogens with one attached hydrogen (secondary N) is 1. The molecule has 5 aromatic rings. The van der Waals surface area contributed by atoms with Crippen molar-refractivity contribution in [3.8, 4) is 21.8 Å². The first-order valence-corrected chi connectivity index (χ1v) is 18.3. The van der Waals surface area contributed by atoms with Gasteiger partial charge in [-0.3, -0.25) is 0 Å². The Labute approximate surface area is 290 Å². The lowest BCUT2D eigenvalue weighted by Gasteiger charge is -2.27. The van der Waals surface area contributed by atoms with E-state index in [1.54, 1.807) is 30.6 Å². The molecule has 3 aromatic heterocycles. The van der Waals surface area contributed by atoms with Crippen LogP contribution in [0, 0.1) is 11.6 Å². The molecule has 7 rings (SSSR count). The molecular weight excluding hydrogens is 696 g/mol. The summed E-state index contributed by atoms with van der Waals surface area (Å²) in [6.45, 7) is 5.25. The van der Waals surface area contributed by atoms with E-state index in [0.717, 1.165) is 37.1 Å². The summed E-state index contributed by atoms with van der Waals surface area (Å²) in [4.78, 5) is 22.7. The Morgan fingerprint density at radius 1 is 0.857 bits per heavy atom. The molecule has 0 spiro atoms. The van der Waals surface area contributed by atoms with Crippen LogP contribution in [0.2, 0.25) is 5.02 Å². The first kappa shape index (κ1) is 33.2. The van der Waals surface area contributed by atoms with Gasteiger partial charge in [0.05, 0.1) is 65.4 Å². The smallest absolute Gasteiger partial charge is 0.227 e. The van der Waals surface area contributed by atoms with Gasteiger partial charge in [0.2, 0.25) is 5.95 Å². The molecule has 0 saturated carbocycles. The molecule has 16 heteroatoms. The van der Waals surface area contributed by atoms with Gasteiger partial charge < -0.3 is 24.6 Å². The zero-order chi connectivity index (χ0) is 34.0. The Morgan fingerprint density at radius 2 is 1.55 bits per heavy atom. The number of nitrogens with zero attached hydrogens (tertiary/aromatic N) is 6. The summed E-state index contributed by atoms with van der Waals surface area (Å²) < 4.78 is 66.4. The number of benzene rings is 2. The third-order valence-electron chi connectivity index (χ3n) is 8.03. The van der Waals surface area contributed by atoms with Crippen molar-refractivity contribution in [2.45, 2.75) is 10.6 Å². The number of pyridine rings is 1. The molecule has 0 radical (unpaired) electrons. The van der Waals surface area contributed by atoms with E-state index in [1.165, 1.54) is 17.4 Å². The summed E-state index contributed by atoms with van der Waals surface area (Å²) in [5.41, 5.74) is 2.37. The van der Waals surface area contributed by atoms with Gasteiger partial charge in [0.1, 0.15) is 22.3 Å². The van der Waals surface area contributed by atoms with E-state index in [2.05, 4.69) is 25.1 Å². The summed E-state index contributed by atoms with van der Waals surface area (Å²) in [6.07, 6.45) is 3.35. The second-order valence-electron chi connectivity index (χ2n) is 11.3. The first-order valence-electron chi connectivity index (χ1n) is 15.4. The number of hydrogen-bond donors (Lipinski definition) is 1. The van der Waals surface area contributed by atoms with Crippen LogP contribution in [-0.2, 0) is 25.1 Å². The van der Waals surface area contributed by atoms with E-state index in [9.17, 15) is 17.2 Å². The van der Waals surface area contributed by atoms with Gasteiger partial charge in [0.15, 0.2) is 15.0 Å². The zero-order valence-corrected chi connectivity index (χ0v) is 28.4. The number of aromatic nitrogens is 4. The average molecular weight is 726 g/mol. The fourth-order valence-corrected chi connectivity index (χ4v) is 8.59. The van der Waals surface area contributed by atoms with E-state index in [0.29, 0.717) is 78.1 Å². The number of halogens is 3. The summed E-state index contributed by atoms with van der Waals surface area (Å²) in [7, 11) is -4.43. The van der Waals surface area contributed by atoms with Crippen LogP contribution >= 0.6 is 22.9 Å². The monoisotopic (exact) mass is 725 g/mol. The fourth-order valence-electron chi connectivity index (χ4n) is 5.60. The van der Waals surface area contributed by atoms with Crippen LogP contribution in [0.1, 0.15) is 5.56 Å². The number of hydrogen-bond acceptors (Lipinski definition) is 12. The van der Waals surface area contributed by atoms with E-state index in [4.69, 9.17) is 31.0 Å². The van der Waals surface area contributed by atoms with Gasteiger partial charge in [0.25, 0.3) is 0 Å². The van der Waals surface area contributed by atoms with Crippen molar-refractivity contribution >= 4 is 55.4 Å². The Morgan fingerprint density at radius 3 is 2.24 bits per heavy atom. The topological polar surface area (TPSA) is 123 Å². The van der Waals surface area contributed by atoms with Crippen molar-refractivity contribution in [3.05, 3.63) is 89.2 Å². The maximum Gasteiger partial charge on any atom is 0.227 e. The lowest BCUT2D eigenvalue weighted by Crippen LogP contribution is -2.36. The average Bonchev–Trinajstić information content (AvgIpc) is 3.56. The number of anilines is 4.